The molecule has 29 heavy (non-hydrogen) atoms. The van der Waals surface area contributed by atoms with E-state index in [1.807, 2.05) is 31.2 Å². The maximum absolute atomic E-state index is 12.6. The summed E-state index contributed by atoms with van der Waals surface area (Å²) in [5, 5.41) is 8.87. The summed E-state index contributed by atoms with van der Waals surface area (Å²) in [7, 11) is 0. The Morgan fingerprint density at radius 1 is 1.14 bits per heavy atom. The molecule has 0 spiro atoms. The van der Waals surface area contributed by atoms with Crippen LogP contribution >= 0.6 is 0 Å². The van der Waals surface area contributed by atoms with Crippen molar-refractivity contribution in [2.45, 2.75) is 51.9 Å². The van der Waals surface area contributed by atoms with Crippen LogP contribution in [0.15, 0.2) is 36.4 Å². The summed E-state index contributed by atoms with van der Waals surface area (Å²) < 4.78 is 5.92. The average molecular weight is 390 g/mol. The number of aliphatic carboxylic acids is 1. The van der Waals surface area contributed by atoms with Gasteiger partial charge >= 0.3 is 5.97 Å². The number of carbonyl (C=O) groups is 2. The number of benzene rings is 2. The minimum atomic E-state index is -0.852. The predicted molar refractivity (Wildman–Crippen MR) is 113 cm³/mol. The third-order valence-corrected chi connectivity index (χ3v) is 5.21. The molecule has 0 saturated heterocycles. The molecule has 2 aromatic rings. The summed E-state index contributed by atoms with van der Waals surface area (Å²) in [5.41, 5.74) is 3.97. The summed E-state index contributed by atoms with van der Waals surface area (Å²) >= 11 is 0. The zero-order valence-electron chi connectivity index (χ0n) is 17.2. The van der Waals surface area contributed by atoms with Gasteiger partial charge in [0, 0.05) is 17.5 Å². The fourth-order valence-electron chi connectivity index (χ4n) is 3.55. The summed E-state index contributed by atoms with van der Waals surface area (Å²) in [6.45, 7) is 6.90. The van der Waals surface area contributed by atoms with Crippen LogP contribution in [0.5, 0.6) is 5.75 Å². The first-order valence-corrected chi connectivity index (χ1v) is 9.97. The molecule has 0 aromatic heterocycles. The molecule has 2 aromatic carbocycles. The van der Waals surface area contributed by atoms with Gasteiger partial charge in [-0.05, 0) is 53.6 Å². The molecule has 1 aliphatic carbocycles. The van der Waals surface area contributed by atoms with Gasteiger partial charge < -0.3 is 9.84 Å². The molecular weight excluding hydrogens is 364 g/mol. The number of carboxylic acid groups (broad SMARTS) is 1. The maximum Gasteiger partial charge on any atom is 0.307 e. The molecule has 3 rings (SSSR count). The van der Waals surface area contributed by atoms with Crippen LogP contribution in [-0.2, 0) is 16.6 Å². The smallest absolute Gasteiger partial charge is 0.307 e. The highest BCUT2D eigenvalue weighted by atomic mass is 16.5. The van der Waals surface area contributed by atoms with E-state index in [9.17, 15) is 9.59 Å². The molecule has 0 heterocycles. The van der Waals surface area contributed by atoms with Crippen molar-refractivity contribution >= 4 is 11.8 Å². The van der Waals surface area contributed by atoms with Gasteiger partial charge in [-0.3, -0.25) is 9.59 Å². The number of Topliss-reactive ketones (excluding diaryl/α,β-unsaturated/α-hetero) is 1. The van der Waals surface area contributed by atoms with E-state index in [2.05, 4.69) is 25.7 Å². The number of rotatable bonds is 5. The van der Waals surface area contributed by atoms with Crippen molar-refractivity contribution < 1.29 is 19.4 Å². The van der Waals surface area contributed by atoms with E-state index in [1.165, 1.54) is 0 Å². The molecule has 0 bridgehead atoms. The standard InChI is InChI=1S/C25H26O4/c1-4-13-29-22-15-19(14-20-24(22)21(26)11-12-25(20,2)3)10-7-17-5-8-18(9-6-17)16-23(27)28/h5-6,8-9,14-15H,4,11-13,16H2,1-3H3,(H,27,28). The van der Waals surface area contributed by atoms with E-state index >= 15 is 0 Å². The highest BCUT2D eigenvalue weighted by Crippen LogP contribution is 2.41. The average Bonchev–Trinajstić information content (AvgIpc) is 2.68. The van der Waals surface area contributed by atoms with Crippen molar-refractivity contribution in [2.24, 2.45) is 0 Å². The number of fused-ring (bicyclic) bond motifs is 1. The number of ketones is 1. The fraction of sp³-hybridized carbons (Fsp3) is 0.360. The van der Waals surface area contributed by atoms with E-state index in [-0.39, 0.29) is 17.6 Å². The molecule has 1 N–H and O–H groups in total. The van der Waals surface area contributed by atoms with Crippen molar-refractivity contribution in [2.75, 3.05) is 6.61 Å². The molecule has 150 valence electrons. The van der Waals surface area contributed by atoms with Crippen LogP contribution in [0.2, 0.25) is 0 Å². The molecule has 0 amide bonds. The summed E-state index contributed by atoms with van der Waals surface area (Å²) in [6, 6.07) is 11.1. The summed E-state index contributed by atoms with van der Waals surface area (Å²) in [6.07, 6.45) is 2.22. The third-order valence-electron chi connectivity index (χ3n) is 5.21. The van der Waals surface area contributed by atoms with E-state index in [4.69, 9.17) is 9.84 Å². The van der Waals surface area contributed by atoms with Gasteiger partial charge in [-0.1, -0.05) is 44.7 Å². The fourth-order valence-corrected chi connectivity index (χ4v) is 3.55. The molecule has 0 aliphatic heterocycles. The van der Waals surface area contributed by atoms with Crippen LogP contribution < -0.4 is 4.74 Å². The van der Waals surface area contributed by atoms with Crippen molar-refractivity contribution in [3.8, 4) is 17.6 Å². The van der Waals surface area contributed by atoms with Crippen molar-refractivity contribution in [1.82, 2.24) is 0 Å². The van der Waals surface area contributed by atoms with Gasteiger partial charge in [0.1, 0.15) is 5.75 Å². The van der Waals surface area contributed by atoms with Crippen LogP contribution in [0.25, 0.3) is 0 Å². The number of hydrogen-bond acceptors (Lipinski definition) is 3. The third kappa shape index (κ3) is 4.86. The second kappa shape index (κ2) is 8.53. The zero-order chi connectivity index (χ0) is 21.0. The zero-order valence-corrected chi connectivity index (χ0v) is 17.2. The normalized spacial score (nSPS) is 14.5. The lowest BCUT2D eigenvalue weighted by molar-refractivity contribution is -0.136. The minimum Gasteiger partial charge on any atom is -0.493 e. The Balaban J connectivity index is 1.97. The highest BCUT2D eigenvalue weighted by Gasteiger charge is 2.34. The lowest BCUT2D eigenvalue weighted by Crippen LogP contribution is -2.28. The first-order valence-electron chi connectivity index (χ1n) is 9.97. The van der Waals surface area contributed by atoms with Crippen LogP contribution in [0.4, 0.5) is 0 Å². The number of ether oxygens (including phenoxy) is 1. The number of hydrogen-bond donors (Lipinski definition) is 1. The number of carboxylic acids is 1. The number of carbonyl (C=O) groups excluding carboxylic acids is 1. The molecule has 0 fully saturated rings. The van der Waals surface area contributed by atoms with Crippen LogP contribution in [0, 0.1) is 11.8 Å². The Morgan fingerprint density at radius 2 is 1.83 bits per heavy atom. The van der Waals surface area contributed by atoms with Gasteiger partial charge in [-0.15, -0.1) is 0 Å². The monoisotopic (exact) mass is 390 g/mol. The van der Waals surface area contributed by atoms with Crippen LogP contribution in [0.3, 0.4) is 0 Å². The summed E-state index contributed by atoms with van der Waals surface area (Å²) in [5.74, 6) is 6.23. The Labute approximate surface area is 171 Å². The van der Waals surface area contributed by atoms with Gasteiger partial charge in [0.15, 0.2) is 5.78 Å². The lowest BCUT2D eigenvalue weighted by Gasteiger charge is -2.33. The molecule has 0 saturated carbocycles. The molecule has 0 unspecified atom stereocenters. The highest BCUT2D eigenvalue weighted by molar-refractivity contribution is 6.02. The second-order valence-electron chi connectivity index (χ2n) is 8.07. The Morgan fingerprint density at radius 3 is 2.48 bits per heavy atom. The van der Waals surface area contributed by atoms with E-state index in [0.717, 1.165) is 35.1 Å². The van der Waals surface area contributed by atoms with Gasteiger partial charge in [-0.25, -0.2) is 0 Å². The van der Waals surface area contributed by atoms with Crippen LogP contribution in [-0.4, -0.2) is 23.5 Å². The summed E-state index contributed by atoms with van der Waals surface area (Å²) in [4.78, 5) is 23.4. The van der Waals surface area contributed by atoms with Gasteiger partial charge in [0.05, 0.1) is 18.6 Å². The van der Waals surface area contributed by atoms with Crippen molar-refractivity contribution in [3.63, 3.8) is 0 Å². The second-order valence-corrected chi connectivity index (χ2v) is 8.07. The molecule has 1 aliphatic rings. The largest absolute Gasteiger partial charge is 0.493 e. The lowest BCUT2D eigenvalue weighted by atomic mass is 9.71. The SMILES string of the molecule is CCCOc1cc(C#Cc2ccc(CC(=O)O)cc2)cc2c1C(=O)CCC2(C)C. The quantitative estimate of drug-likeness (QED) is 0.748. The molecule has 0 radical (unpaired) electrons. The first-order chi connectivity index (χ1) is 13.8. The van der Waals surface area contributed by atoms with Gasteiger partial charge in [0.25, 0.3) is 0 Å². The molecule has 4 nitrogen and oxygen atoms in total. The molecule has 4 heteroatoms. The van der Waals surface area contributed by atoms with Crippen LogP contribution in [0.1, 0.15) is 72.6 Å². The maximum atomic E-state index is 12.6. The van der Waals surface area contributed by atoms with Gasteiger partial charge in [-0.2, -0.15) is 0 Å². The Bertz CT molecular complexity index is 988. The Kier molecular flexibility index (Phi) is 6.08. The van der Waals surface area contributed by atoms with Crippen molar-refractivity contribution in [3.05, 3.63) is 64.2 Å². The minimum absolute atomic E-state index is 0.000229. The molecular formula is C25H26O4. The molecule has 0 atom stereocenters. The Hall–Kier alpha value is -3.06. The first kappa shape index (κ1) is 20.7. The van der Waals surface area contributed by atoms with Crippen molar-refractivity contribution in [1.29, 1.82) is 0 Å². The van der Waals surface area contributed by atoms with Gasteiger partial charge in [0.2, 0.25) is 0 Å². The van der Waals surface area contributed by atoms with E-state index in [1.54, 1.807) is 12.1 Å². The topological polar surface area (TPSA) is 63.6 Å². The van der Waals surface area contributed by atoms with E-state index < -0.39 is 5.97 Å². The van der Waals surface area contributed by atoms with E-state index in [0.29, 0.717) is 24.3 Å². The predicted octanol–water partition coefficient (Wildman–Crippen LogP) is 4.76.